The van der Waals surface area contributed by atoms with Crippen molar-refractivity contribution in [1.29, 1.82) is 0 Å². The summed E-state index contributed by atoms with van der Waals surface area (Å²) in [5.74, 6) is -0.227. The zero-order valence-electron chi connectivity index (χ0n) is 19.9. The van der Waals surface area contributed by atoms with Crippen LogP contribution >= 0.6 is 11.8 Å². The molecule has 2 atom stereocenters. The first-order valence-electron chi connectivity index (χ1n) is 11.3. The number of nitrogens with zero attached hydrogens (tertiary/aromatic N) is 2. The number of ether oxygens (including phenoxy) is 1. The van der Waals surface area contributed by atoms with E-state index in [1.165, 1.54) is 11.8 Å². The van der Waals surface area contributed by atoms with E-state index < -0.39 is 21.5 Å². The minimum absolute atomic E-state index is 0.0286. The highest BCUT2D eigenvalue weighted by molar-refractivity contribution is 8.16. The van der Waals surface area contributed by atoms with Crippen molar-refractivity contribution in [3.63, 3.8) is 0 Å². The maximum absolute atomic E-state index is 12.7. The van der Waals surface area contributed by atoms with Crippen LogP contribution in [0.1, 0.15) is 52.2 Å². The van der Waals surface area contributed by atoms with Gasteiger partial charge in [-0.05, 0) is 44.7 Å². The Morgan fingerprint density at radius 2 is 1.82 bits per heavy atom. The number of sulfone groups is 1. The summed E-state index contributed by atoms with van der Waals surface area (Å²) in [5.41, 5.74) is 2.56. The van der Waals surface area contributed by atoms with Crippen molar-refractivity contribution in [1.82, 2.24) is 5.32 Å². The summed E-state index contributed by atoms with van der Waals surface area (Å²) in [6.07, 6.45) is 1.02. The van der Waals surface area contributed by atoms with E-state index >= 15 is 0 Å². The zero-order valence-corrected chi connectivity index (χ0v) is 21.5. The second-order valence-electron chi connectivity index (χ2n) is 9.27. The number of hydrogen-bond donors (Lipinski definition) is 1. The van der Waals surface area contributed by atoms with Gasteiger partial charge in [0.25, 0.3) is 0 Å². The third kappa shape index (κ3) is 6.29. The van der Waals surface area contributed by atoms with Crippen LogP contribution in [0.2, 0.25) is 0 Å². The maximum atomic E-state index is 12.7. The number of hydrogen-bond acceptors (Lipinski definition) is 6. The molecule has 2 amide bonds. The van der Waals surface area contributed by atoms with Crippen molar-refractivity contribution in [2.24, 2.45) is 4.99 Å². The van der Waals surface area contributed by atoms with Crippen LogP contribution in [0.15, 0.2) is 23.2 Å². The predicted molar refractivity (Wildman–Crippen MR) is 133 cm³/mol. The number of amides is 2. The summed E-state index contributed by atoms with van der Waals surface area (Å²) in [7, 11) is -3.14. The number of alkyl carbamates (subject to hydrolysis) is 1. The molecule has 0 spiro atoms. The Bertz CT molecular complexity index is 1020. The standard InChI is InChI=1S/C23H33N3O5S2/c1-6-15-9-8-10-16(7-2)20(15)26-17-13-33(29,30)14-18(17)32-21(26)25-19(27)11-12-24-22(28)31-23(3,4)5/h8-10,17-18H,6-7,11-14H2,1-5H3,(H,24,28)/t17-,18+/m0/s1. The smallest absolute Gasteiger partial charge is 0.407 e. The van der Waals surface area contributed by atoms with Crippen molar-refractivity contribution in [3.05, 3.63) is 29.3 Å². The number of fused-ring (bicyclic) bond motifs is 1. The molecule has 3 rings (SSSR count). The monoisotopic (exact) mass is 495 g/mol. The lowest BCUT2D eigenvalue weighted by Gasteiger charge is -2.29. The van der Waals surface area contributed by atoms with Crippen molar-refractivity contribution in [2.75, 3.05) is 23.0 Å². The number of rotatable bonds is 6. The molecule has 2 aliphatic heterocycles. The van der Waals surface area contributed by atoms with Gasteiger partial charge < -0.3 is 15.0 Å². The van der Waals surface area contributed by atoms with Gasteiger partial charge in [0.2, 0.25) is 5.91 Å². The molecule has 2 heterocycles. The Balaban J connectivity index is 1.83. The van der Waals surface area contributed by atoms with Gasteiger partial charge in [0.15, 0.2) is 15.0 Å². The molecule has 1 N–H and O–H groups in total. The van der Waals surface area contributed by atoms with Gasteiger partial charge in [-0.1, -0.05) is 43.8 Å². The van der Waals surface area contributed by atoms with Crippen LogP contribution in [-0.4, -0.2) is 60.5 Å². The van der Waals surface area contributed by atoms with Crippen molar-refractivity contribution >= 4 is 44.5 Å². The second kappa shape index (κ2) is 10.0. The molecule has 1 aromatic rings. The Hall–Kier alpha value is -2.07. The van der Waals surface area contributed by atoms with Gasteiger partial charge in [-0.3, -0.25) is 4.79 Å². The van der Waals surface area contributed by atoms with E-state index in [1.54, 1.807) is 20.8 Å². The largest absolute Gasteiger partial charge is 0.444 e. The van der Waals surface area contributed by atoms with Gasteiger partial charge in [-0.2, -0.15) is 4.99 Å². The molecule has 1 aromatic carbocycles. The van der Waals surface area contributed by atoms with Crippen molar-refractivity contribution in [3.8, 4) is 0 Å². The number of benzene rings is 1. The highest BCUT2D eigenvalue weighted by Gasteiger charge is 2.50. The first-order chi connectivity index (χ1) is 15.4. The Morgan fingerprint density at radius 3 is 2.39 bits per heavy atom. The Kier molecular flexibility index (Phi) is 7.78. The number of amidine groups is 1. The summed E-state index contributed by atoms with van der Waals surface area (Å²) in [6.45, 7) is 9.55. The van der Waals surface area contributed by atoms with Crippen LogP contribution < -0.4 is 10.2 Å². The summed E-state index contributed by atoms with van der Waals surface area (Å²) in [6, 6.07) is 5.85. The fourth-order valence-corrected chi connectivity index (χ4v) is 8.02. The van der Waals surface area contributed by atoms with Crippen LogP contribution in [0.25, 0.3) is 0 Å². The average molecular weight is 496 g/mol. The van der Waals surface area contributed by atoms with E-state index in [0.717, 1.165) is 29.7 Å². The molecule has 0 unspecified atom stereocenters. The highest BCUT2D eigenvalue weighted by Crippen LogP contribution is 2.43. The van der Waals surface area contributed by atoms with Crippen molar-refractivity contribution in [2.45, 2.75) is 70.8 Å². The van der Waals surface area contributed by atoms with Crippen molar-refractivity contribution < 1.29 is 22.7 Å². The van der Waals surface area contributed by atoms with Crippen LogP contribution in [0.5, 0.6) is 0 Å². The normalized spacial score (nSPS) is 22.9. The lowest BCUT2D eigenvalue weighted by atomic mass is 10.0. The number of thioether (sulfide) groups is 1. The molecule has 2 fully saturated rings. The van der Waals surface area contributed by atoms with Crippen LogP contribution in [0.3, 0.4) is 0 Å². The summed E-state index contributed by atoms with van der Waals surface area (Å²) >= 11 is 1.36. The SMILES string of the molecule is CCc1cccc(CC)c1N1C(=NC(=O)CCNC(=O)OC(C)(C)C)S[C@@H]2CS(=O)(=O)C[C@@H]21. The number of nitrogens with one attached hydrogen (secondary N) is 1. The van der Waals surface area contributed by atoms with E-state index in [2.05, 4.69) is 24.2 Å². The van der Waals surface area contributed by atoms with Crippen LogP contribution in [0.4, 0.5) is 10.5 Å². The number of aliphatic imine (C=N–C) groups is 1. The molecule has 10 heteroatoms. The molecule has 0 aliphatic carbocycles. The third-order valence-electron chi connectivity index (χ3n) is 5.50. The van der Waals surface area contributed by atoms with E-state index in [1.807, 2.05) is 23.1 Å². The lowest BCUT2D eigenvalue weighted by Crippen LogP contribution is -2.39. The van der Waals surface area contributed by atoms with Gasteiger partial charge in [-0.25, -0.2) is 13.2 Å². The Morgan fingerprint density at radius 1 is 1.18 bits per heavy atom. The zero-order chi connectivity index (χ0) is 24.4. The Labute approximate surface area is 200 Å². The van der Waals surface area contributed by atoms with E-state index in [9.17, 15) is 18.0 Å². The molecule has 2 saturated heterocycles. The molecule has 0 radical (unpaired) electrons. The van der Waals surface area contributed by atoms with Gasteiger partial charge in [0.05, 0.1) is 17.5 Å². The van der Waals surface area contributed by atoms with Crippen LogP contribution in [0, 0.1) is 0 Å². The molecule has 8 nitrogen and oxygen atoms in total. The lowest BCUT2D eigenvalue weighted by molar-refractivity contribution is -0.117. The van der Waals surface area contributed by atoms with Crippen LogP contribution in [-0.2, 0) is 32.2 Å². The molecule has 0 saturated carbocycles. The number of para-hydroxylation sites is 1. The molecule has 182 valence electrons. The number of carbonyl (C=O) groups is 2. The molecule has 33 heavy (non-hydrogen) atoms. The molecular weight excluding hydrogens is 462 g/mol. The van der Waals surface area contributed by atoms with E-state index in [4.69, 9.17) is 4.74 Å². The predicted octanol–water partition coefficient (Wildman–Crippen LogP) is 3.33. The first kappa shape index (κ1) is 25.6. The average Bonchev–Trinajstić information content (AvgIpc) is 3.16. The van der Waals surface area contributed by atoms with Gasteiger partial charge in [-0.15, -0.1) is 0 Å². The fraction of sp³-hybridized carbons (Fsp3) is 0.609. The van der Waals surface area contributed by atoms with E-state index in [-0.39, 0.29) is 41.7 Å². The maximum Gasteiger partial charge on any atom is 0.407 e. The highest BCUT2D eigenvalue weighted by atomic mass is 32.2. The quantitative estimate of drug-likeness (QED) is 0.645. The summed E-state index contributed by atoms with van der Waals surface area (Å²) in [5, 5.41) is 2.96. The first-order valence-corrected chi connectivity index (χ1v) is 14.0. The molecule has 0 bridgehead atoms. The molecular formula is C23H33N3O5S2. The topological polar surface area (TPSA) is 105 Å². The molecule has 2 aliphatic rings. The third-order valence-corrected chi connectivity index (χ3v) is 8.71. The van der Waals surface area contributed by atoms with E-state index in [0.29, 0.717) is 5.17 Å². The molecule has 0 aromatic heterocycles. The summed E-state index contributed by atoms with van der Waals surface area (Å²) in [4.78, 5) is 30.8. The van der Waals surface area contributed by atoms with Gasteiger partial charge in [0.1, 0.15) is 5.60 Å². The van der Waals surface area contributed by atoms with Gasteiger partial charge >= 0.3 is 6.09 Å². The number of carbonyl (C=O) groups excluding carboxylic acids is 2. The number of aryl methyl sites for hydroxylation is 2. The summed E-state index contributed by atoms with van der Waals surface area (Å²) < 4.78 is 29.9. The number of anilines is 1. The fourth-order valence-electron chi connectivity index (χ4n) is 4.10. The van der Waals surface area contributed by atoms with Gasteiger partial charge in [0, 0.05) is 23.9 Å². The minimum atomic E-state index is -3.14. The minimum Gasteiger partial charge on any atom is -0.444 e. The second-order valence-corrected chi connectivity index (χ2v) is 12.6.